The van der Waals surface area contributed by atoms with E-state index in [0.29, 0.717) is 0 Å². The normalized spacial score (nSPS) is 13.4. The van der Waals surface area contributed by atoms with Crippen molar-refractivity contribution in [3.8, 4) is 0 Å². The summed E-state index contributed by atoms with van der Waals surface area (Å²) in [4.78, 5) is 0. The summed E-state index contributed by atoms with van der Waals surface area (Å²) in [5.74, 6) is 0. The van der Waals surface area contributed by atoms with Gasteiger partial charge in [-0.25, -0.2) is 0 Å². The molecule has 0 aromatic rings. The highest BCUT2D eigenvalue weighted by atomic mass is 28.3. The molecule has 0 radical (unpaired) electrons. The molecule has 0 spiro atoms. The summed E-state index contributed by atoms with van der Waals surface area (Å²) in [7, 11) is -1.08. The van der Waals surface area contributed by atoms with Crippen LogP contribution in [0.4, 0.5) is 0 Å². The fraction of sp³-hybridized carbons (Fsp3) is 0.571. The molecule has 0 heterocycles. The summed E-state index contributed by atoms with van der Waals surface area (Å²) in [6.07, 6.45) is 11.5. The van der Waals surface area contributed by atoms with Gasteiger partial charge in [0.1, 0.15) is 0 Å². The van der Waals surface area contributed by atoms with Crippen molar-refractivity contribution in [2.75, 3.05) is 6.61 Å². The second kappa shape index (κ2) is 8.54. The van der Waals surface area contributed by atoms with Gasteiger partial charge in [0.25, 0.3) is 0 Å². The Morgan fingerprint density at radius 2 is 1.94 bits per heavy atom. The molecule has 0 aromatic carbocycles. The second-order valence-electron chi connectivity index (χ2n) is 5.35. The number of aliphatic hydroxyl groups is 1. The smallest absolute Gasteiger partial charge is 0.0639 e. The lowest BCUT2D eigenvalue weighted by atomic mass is 10.2. The van der Waals surface area contributed by atoms with E-state index < -0.39 is 8.07 Å². The summed E-state index contributed by atoms with van der Waals surface area (Å²) >= 11 is 0. The minimum absolute atomic E-state index is 0.229. The third-order valence-corrected chi connectivity index (χ3v) is 3.76. The summed E-state index contributed by atoms with van der Waals surface area (Å²) in [6, 6.07) is 1.12. The van der Waals surface area contributed by atoms with Gasteiger partial charge in [-0.1, -0.05) is 56.1 Å². The number of unbranched alkanes of at least 4 members (excludes halogenated alkanes) is 2. The lowest BCUT2D eigenvalue weighted by molar-refractivity contribution is 0.330. The van der Waals surface area contributed by atoms with Crippen molar-refractivity contribution >= 4 is 8.07 Å². The van der Waals surface area contributed by atoms with Gasteiger partial charge in [-0.2, -0.15) is 0 Å². The fourth-order valence-electron chi connectivity index (χ4n) is 1.61. The molecule has 0 rings (SSSR count). The highest BCUT2D eigenvalue weighted by molar-refractivity contribution is 6.76. The van der Waals surface area contributed by atoms with E-state index >= 15 is 0 Å². The van der Waals surface area contributed by atoms with Gasteiger partial charge in [-0.3, -0.25) is 0 Å². The first-order chi connectivity index (χ1) is 7.49. The van der Waals surface area contributed by atoms with Gasteiger partial charge in [0.05, 0.1) is 6.61 Å². The number of allylic oxidation sites excluding steroid dienone is 4. The van der Waals surface area contributed by atoms with Crippen LogP contribution < -0.4 is 0 Å². The van der Waals surface area contributed by atoms with Crippen molar-refractivity contribution in [2.24, 2.45) is 0 Å². The maximum absolute atomic E-state index is 9.26. The number of rotatable bonds is 8. The molecule has 0 atom stereocenters. The zero-order valence-electron chi connectivity index (χ0n) is 11.0. The molecule has 0 bridgehead atoms. The average Bonchev–Trinajstić information content (AvgIpc) is 2.19. The lowest BCUT2D eigenvalue weighted by Crippen LogP contribution is -2.20. The largest absolute Gasteiger partial charge is 0.392 e. The Morgan fingerprint density at radius 3 is 2.44 bits per heavy atom. The first-order valence-corrected chi connectivity index (χ1v) is 9.76. The zero-order chi connectivity index (χ0) is 12.4. The van der Waals surface area contributed by atoms with Gasteiger partial charge in [-0.15, -0.1) is 0 Å². The fourth-order valence-corrected chi connectivity index (χ4v) is 3.23. The Labute approximate surface area is 102 Å². The van der Waals surface area contributed by atoms with E-state index in [4.69, 9.17) is 0 Å². The third-order valence-electron chi connectivity index (χ3n) is 2.24. The van der Waals surface area contributed by atoms with Gasteiger partial charge < -0.3 is 5.11 Å². The predicted molar refractivity (Wildman–Crippen MR) is 76.5 cm³/mol. The molecule has 0 unspecified atom stereocenters. The van der Waals surface area contributed by atoms with Gasteiger partial charge >= 0.3 is 0 Å². The molecule has 0 amide bonds. The quantitative estimate of drug-likeness (QED) is 0.291. The van der Waals surface area contributed by atoms with Gasteiger partial charge in [-0.05, 0) is 25.3 Å². The van der Waals surface area contributed by atoms with E-state index in [9.17, 15) is 5.11 Å². The molecule has 0 saturated heterocycles. The van der Waals surface area contributed by atoms with Gasteiger partial charge in [0, 0.05) is 8.07 Å². The van der Waals surface area contributed by atoms with Crippen LogP contribution in [0.25, 0.3) is 0 Å². The van der Waals surface area contributed by atoms with Crippen LogP contribution in [0.15, 0.2) is 36.5 Å². The van der Waals surface area contributed by atoms with E-state index in [1.165, 1.54) is 5.57 Å². The predicted octanol–water partition coefficient (Wildman–Crippen LogP) is 4.16. The van der Waals surface area contributed by atoms with E-state index in [0.717, 1.165) is 25.3 Å². The van der Waals surface area contributed by atoms with Crippen molar-refractivity contribution in [1.82, 2.24) is 0 Å². The molecule has 0 aromatic heterocycles. The van der Waals surface area contributed by atoms with Crippen molar-refractivity contribution in [1.29, 1.82) is 0 Å². The van der Waals surface area contributed by atoms with Crippen LogP contribution >= 0.6 is 0 Å². The maximum atomic E-state index is 9.26. The standard InChI is InChI=1S/C14H26OSi/c1-5-6-7-8-9-10-11-14(12-15)13-16(2,3)4/h5-7,11,15H,1,8-10,12-13H2,2-4H3/b7-6+,14-11-. The molecule has 2 heteroatoms. The minimum atomic E-state index is -1.08. The Balaban J connectivity index is 3.89. The Hall–Kier alpha value is -0.603. The molecular formula is C14H26OSi. The third kappa shape index (κ3) is 9.93. The van der Waals surface area contributed by atoms with Crippen molar-refractivity contribution in [3.05, 3.63) is 36.5 Å². The maximum Gasteiger partial charge on any atom is 0.0639 e. The molecule has 92 valence electrons. The van der Waals surface area contributed by atoms with Crippen molar-refractivity contribution in [2.45, 2.75) is 44.9 Å². The Kier molecular flexibility index (Phi) is 8.22. The van der Waals surface area contributed by atoms with E-state index in [-0.39, 0.29) is 6.61 Å². The molecule has 0 aliphatic rings. The lowest BCUT2D eigenvalue weighted by Gasteiger charge is -2.17. The molecule has 1 N–H and O–H groups in total. The highest BCUT2D eigenvalue weighted by Gasteiger charge is 2.14. The topological polar surface area (TPSA) is 20.2 Å². The zero-order valence-corrected chi connectivity index (χ0v) is 12.0. The molecule has 0 saturated carbocycles. The van der Waals surface area contributed by atoms with Crippen LogP contribution in [0, 0.1) is 0 Å². The Morgan fingerprint density at radius 1 is 1.25 bits per heavy atom. The van der Waals surface area contributed by atoms with Crippen LogP contribution in [0.3, 0.4) is 0 Å². The van der Waals surface area contributed by atoms with Crippen LogP contribution in [0.2, 0.25) is 25.7 Å². The number of hydrogen-bond acceptors (Lipinski definition) is 1. The summed E-state index contributed by atoms with van der Waals surface area (Å²) in [6.45, 7) is 10.9. The summed E-state index contributed by atoms with van der Waals surface area (Å²) in [5, 5.41) is 9.26. The SMILES string of the molecule is C=C/C=C/CCC/C=C(/CO)C[Si](C)(C)C. The first kappa shape index (κ1) is 15.4. The van der Waals surface area contributed by atoms with Crippen LogP contribution in [-0.4, -0.2) is 19.8 Å². The molecule has 0 aliphatic heterocycles. The van der Waals surface area contributed by atoms with Gasteiger partial charge in [0.15, 0.2) is 0 Å². The van der Waals surface area contributed by atoms with E-state index in [1.807, 2.05) is 6.08 Å². The highest BCUT2D eigenvalue weighted by Crippen LogP contribution is 2.16. The molecule has 1 nitrogen and oxygen atoms in total. The van der Waals surface area contributed by atoms with Crippen LogP contribution in [0.5, 0.6) is 0 Å². The van der Waals surface area contributed by atoms with E-state index in [2.05, 4.69) is 38.4 Å². The van der Waals surface area contributed by atoms with Gasteiger partial charge in [0.2, 0.25) is 0 Å². The van der Waals surface area contributed by atoms with Crippen molar-refractivity contribution in [3.63, 3.8) is 0 Å². The summed E-state index contributed by atoms with van der Waals surface area (Å²) in [5.41, 5.74) is 1.23. The van der Waals surface area contributed by atoms with Crippen LogP contribution in [-0.2, 0) is 0 Å². The first-order valence-electron chi connectivity index (χ1n) is 6.06. The van der Waals surface area contributed by atoms with Crippen LogP contribution in [0.1, 0.15) is 19.3 Å². The molecule has 16 heavy (non-hydrogen) atoms. The van der Waals surface area contributed by atoms with E-state index in [1.54, 1.807) is 6.08 Å². The monoisotopic (exact) mass is 238 g/mol. The Bertz CT molecular complexity index is 246. The molecule has 0 aliphatic carbocycles. The average molecular weight is 238 g/mol. The minimum Gasteiger partial charge on any atom is -0.392 e. The molecule has 0 fully saturated rings. The number of aliphatic hydroxyl groups excluding tert-OH is 1. The number of hydrogen-bond donors (Lipinski definition) is 1. The van der Waals surface area contributed by atoms with Crippen molar-refractivity contribution < 1.29 is 5.11 Å². The second-order valence-corrected chi connectivity index (χ2v) is 10.8. The molecular weight excluding hydrogens is 212 g/mol. The summed E-state index contributed by atoms with van der Waals surface area (Å²) < 4.78 is 0.